The van der Waals surface area contributed by atoms with E-state index in [2.05, 4.69) is 26.6 Å². The highest BCUT2D eigenvalue weighted by Crippen LogP contribution is 2.15. The summed E-state index contributed by atoms with van der Waals surface area (Å²) in [6, 6.07) is 15.1. The van der Waals surface area contributed by atoms with Gasteiger partial charge in [0.25, 0.3) is 0 Å². The Kier molecular flexibility index (Phi) is 6.99. The van der Waals surface area contributed by atoms with Crippen LogP contribution >= 0.6 is 0 Å². The van der Waals surface area contributed by atoms with Gasteiger partial charge in [0.05, 0.1) is 0 Å². The molecule has 0 fully saturated rings. The first kappa shape index (κ1) is 18.8. The summed E-state index contributed by atoms with van der Waals surface area (Å²) < 4.78 is 0. The molecular formula is C18H21N5O3. The van der Waals surface area contributed by atoms with Gasteiger partial charge in [-0.3, -0.25) is 4.79 Å². The molecule has 0 atom stereocenters. The topological polar surface area (TPSA) is 111 Å². The van der Waals surface area contributed by atoms with Crippen molar-refractivity contribution in [3.05, 3.63) is 54.6 Å². The Morgan fingerprint density at radius 2 is 1.23 bits per heavy atom. The lowest BCUT2D eigenvalue weighted by Gasteiger charge is -2.11. The second-order valence-corrected chi connectivity index (χ2v) is 5.39. The predicted octanol–water partition coefficient (Wildman–Crippen LogP) is 2.59. The van der Waals surface area contributed by atoms with Crippen LogP contribution in [0.1, 0.15) is 6.92 Å². The molecular weight excluding hydrogens is 334 g/mol. The zero-order chi connectivity index (χ0) is 18.8. The quantitative estimate of drug-likeness (QED) is 0.514. The van der Waals surface area contributed by atoms with E-state index in [0.29, 0.717) is 30.2 Å². The van der Waals surface area contributed by atoms with E-state index in [1.54, 1.807) is 36.4 Å². The standard InChI is InChI=1S/C18H21N5O3/c1-13(24)19-10-11-20-17(25)22-15-8-5-9-16(12-15)23-18(26)21-14-6-3-2-4-7-14/h2-9,12H,10-11H2,1H3,(H,19,24)(H2,20,22,25)(H2,21,23,26). The molecule has 0 saturated carbocycles. The van der Waals surface area contributed by atoms with Gasteiger partial charge in [-0.15, -0.1) is 0 Å². The summed E-state index contributed by atoms with van der Waals surface area (Å²) >= 11 is 0. The molecule has 8 heteroatoms. The van der Waals surface area contributed by atoms with Crippen molar-refractivity contribution >= 4 is 35.0 Å². The Bertz CT molecular complexity index is 764. The van der Waals surface area contributed by atoms with Gasteiger partial charge in [0, 0.05) is 37.1 Å². The van der Waals surface area contributed by atoms with Gasteiger partial charge in [0.15, 0.2) is 0 Å². The Morgan fingerprint density at radius 3 is 1.88 bits per heavy atom. The van der Waals surface area contributed by atoms with Crippen molar-refractivity contribution in [1.82, 2.24) is 10.6 Å². The molecule has 0 aliphatic rings. The molecule has 0 spiro atoms. The van der Waals surface area contributed by atoms with Crippen LogP contribution < -0.4 is 26.6 Å². The molecule has 5 amide bonds. The smallest absolute Gasteiger partial charge is 0.323 e. The molecule has 0 aromatic heterocycles. The first-order chi connectivity index (χ1) is 12.5. The second kappa shape index (κ2) is 9.67. The van der Waals surface area contributed by atoms with Crippen molar-refractivity contribution in [1.29, 1.82) is 0 Å². The van der Waals surface area contributed by atoms with Crippen LogP contribution in [-0.4, -0.2) is 31.1 Å². The summed E-state index contributed by atoms with van der Waals surface area (Å²) in [5.41, 5.74) is 1.74. The van der Waals surface area contributed by atoms with E-state index in [4.69, 9.17) is 0 Å². The van der Waals surface area contributed by atoms with Crippen LogP contribution in [-0.2, 0) is 4.79 Å². The number of carbonyl (C=O) groups excluding carboxylic acids is 3. The van der Waals surface area contributed by atoms with E-state index in [0.717, 1.165) is 0 Å². The van der Waals surface area contributed by atoms with Gasteiger partial charge in [-0.2, -0.15) is 0 Å². The number of carbonyl (C=O) groups is 3. The van der Waals surface area contributed by atoms with Crippen molar-refractivity contribution in [2.24, 2.45) is 0 Å². The highest BCUT2D eigenvalue weighted by Gasteiger charge is 2.05. The number of rotatable bonds is 6. The van der Waals surface area contributed by atoms with Gasteiger partial charge in [-0.05, 0) is 30.3 Å². The lowest BCUT2D eigenvalue weighted by atomic mass is 10.3. The van der Waals surface area contributed by atoms with Crippen molar-refractivity contribution in [2.75, 3.05) is 29.0 Å². The molecule has 5 N–H and O–H groups in total. The predicted molar refractivity (Wildman–Crippen MR) is 101 cm³/mol. The number of anilines is 3. The largest absolute Gasteiger partial charge is 0.355 e. The Morgan fingerprint density at radius 1 is 0.692 bits per heavy atom. The molecule has 0 unspecified atom stereocenters. The second-order valence-electron chi connectivity index (χ2n) is 5.39. The van der Waals surface area contributed by atoms with E-state index in [9.17, 15) is 14.4 Å². The summed E-state index contributed by atoms with van der Waals surface area (Å²) in [4.78, 5) is 34.5. The molecule has 136 valence electrons. The number of amides is 5. The molecule has 0 bridgehead atoms. The summed E-state index contributed by atoms with van der Waals surface area (Å²) in [6.45, 7) is 2.07. The van der Waals surface area contributed by atoms with Gasteiger partial charge in [0.1, 0.15) is 0 Å². The molecule has 2 rings (SSSR count). The minimum Gasteiger partial charge on any atom is -0.355 e. The van der Waals surface area contributed by atoms with Gasteiger partial charge >= 0.3 is 12.1 Å². The summed E-state index contributed by atoms with van der Waals surface area (Å²) in [7, 11) is 0. The number of nitrogens with one attached hydrogen (secondary N) is 5. The first-order valence-electron chi connectivity index (χ1n) is 8.05. The Balaban J connectivity index is 1.82. The van der Waals surface area contributed by atoms with Gasteiger partial charge in [0.2, 0.25) is 5.91 Å². The highest BCUT2D eigenvalue weighted by molar-refractivity contribution is 6.00. The van der Waals surface area contributed by atoms with Gasteiger partial charge in [-0.25, -0.2) is 9.59 Å². The number of hydrogen-bond donors (Lipinski definition) is 5. The van der Waals surface area contributed by atoms with Gasteiger partial charge in [-0.1, -0.05) is 24.3 Å². The third kappa shape index (κ3) is 6.91. The zero-order valence-corrected chi connectivity index (χ0v) is 14.3. The van der Waals surface area contributed by atoms with Gasteiger partial charge < -0.3 is 26.6 Å². The van der Waals surface area contributed by atoms with E-state index in [1.807, 2.05) is 18.2 Å². The van der Waals surface area contributed by atoms with Crippen LogP contribution in [0, 0.1) is 0 Å². The van der Waals surface area contributed by atoms with Crippen molar-refractivity contribution < 1.29 is 14.4 Å². The Hall–Kier alpha value is -3.55. The van der Waals surface area contributed by atoms with E-state index >= 15 is 0 Å². The van der Waals surface area contributed by atoms with E-state index in [-0.39, 0.29) is 11.9 Å². The summed E-state index contributed by atoms with van der Waals surface area (Å²) in [5, 5.41) is 13.3. The SMILES string of the molecule is CC(=O)NCCNC(=O)Nc1cccc(NC(=O)Nc2ccccc2)c1. The minimum absolute atomic E-state index is 0.153. The molecule has 2 aromatic rings. The maximum absolute atomic E-state index is 12.0. The average Bonchev–Trinajstić information content (AvgIpc) is 2.59. The lowest BCUT2D eigenvalue weighted by molar-refractivity contribution is -0.118. The summed E-state index contributed by atoms with van der Waals surface area (Å²) in [6.07, 6.45) is 0. The molecule has 26 heavy (non-hydrogen) atoms. The van der Waals surface area contributed by atoms with Crippen LogP contribution in [0.2, 0.25) is 0 Å². The van der Waals surface area contributed by atoms with Crippen LogP contribution in [0.15, 0.2) is 54.6 Å². The monoisotopic (exact) mass is 355 g/mol. The maximum atomic E-state index is 12.0. The number of benzene rings is 2. The van der Waals surface area contributed by atoms with Crippen molar-refractivity contribution in [3.8, 4) is 0 Å². The molecule has 0 radical (unpaired) electrons. The first-order valence-corrected chi connectivity index (χ1v) is 8.05. The van der Waals surface area contributed by atoms with Crippen LogP contribution in [0.5, 0.6) is 0 Å². The third-order valence-electron chi connectivity index (χ3n) is 3.19. The van der Waals surface area contributed by atoms with Crippen molar-refractivity contribution in [3.63, 3.8) is 0 Å². The maximum Gasteiger partial charge on any atom is 0.323 e. The molecule has 0 aliphatic carbocycles. The Labute approximate surface area is 151 Å². The zero-order valence-electron chi connectivity index (χ0n) is 14.3. The number of para-hydroxylation sites is 1. The van der Waals surface area contributed by atoms with Crippen LogP contribution in [0.25, 0.3) is 0 Å². The molecule has 0 heterocycles. The fraction of sp³-hybridized carbons (Fsp3) is 0.167. The fourth-order valence-electron chi connectivity index (χ4n) is 2.08. The third-order valence-corrected chi connectivity index (χ3v) is 3.19. The average molecular weight is 355 g/mol. The molecule has 8 nitrogen and oxygen atoms in total. The summed E-state index contributed by atoms with van der Waals surface area (Å²) in [5.74, 6) is -0.153. The van der Waals surface area contributed by atoms with E-state index < -0.39 is 6.03 Å². The van der Waals surface area contributed by atoms with Crippen LogP contribution in [0.4, 0.5) is 26.7 Å². The molecule has 0 aliphatic heterocycles. The van der Waals surface area contributed by atoms with Crippen LogP contribution in [0.3, 0.4) is 0 Å². The van der Waals surface area contributed by atoms with Crippen molar-refractivity contribution in [2.45, 2.75) is 6.92 Å². The highest BCUT2D eigenvalue weighted by atomic mass is 16.2. The fourth-order valence-corrected chi connectivity index (χ4v) is 2.08. The molecule has 0 saturated heterocycles. The number of hydrogen-bond acceptors (Lipinski definition) is 3. The number of urea groups is 2. The van der Waals surface area contributed by atoms with E-state index in [1.165, 1.54) is 6.92 Å². The minimum atomic E-state index is -0.402. The normalized spacial score (nSPS) is 9.73. The lowest BCUT2D eigenvalue weighted by Crippen LogP contribution is -2.36. The molecule has 2 aromatic carbocycles.